The maximum absolute atomic E-state index is 14.1. The molecular formula is C27H25Cl2N7O3S. The van der Waals surface area contributed by atoms with Crippen LogP contribution in [0.15, 0.2) is 48.7 Å². The fourth-order valence-electron chi connectivity index (χ4n) is 4.47. The lowest BCUT2D eigenvalue weighted by molar-refractivity contribution is -0.124. The summed E-state index contributed by atoms with van der Waals surface area (Å²) in [6.45, 7) is 4.85. The minimum atomic E-state index is -1.31. The van der Waals surface area contributed by atoms with Gasteiger partial charge in [-0.15, -0.1) is 0 Å². The first-order chi connectivity index (χ1) is 18.8. The number of halogens is 2. The highest BCUT2D eigenvalue weighted by Crippen LogP contribution is 2.43. The van der Waals surface area contributed by atoms with Gasteiger partial charge in [0.15, 0.2) is 0 Å². The average Bonchev–Trinajstić information content (AvgIpc) is 3.41. The Morgan fingerprint density at radius 3 is 2.33 bits per heavy atom. The van der Waals surface area contributed by atoms with Crippen LogP contribution in [0, 0.1) is 11.3 Å². The van der Waals surface area contributed by atoms with E-state index in [4.69, 9.17) is 46.4 Å². The number of amides is 3. The monoisotopic (exact) mass is 597 g/mol. The lowest BCUT2D eigenvalue weighted by atomic mass is 9.91. The number of thiocarbonyl (C=S) groups is 1. The predicted octanol–water partition coefficient (Wildman–Crippen LogP) is 3.61. The van der Waals surface area contributed by atoms with E-state index in [0.717, 1.165) is 5.56 Å². The van der Waals surface area contributed by atoms with E-state index in [1.807, 2.05) is 0 Å². The van der Waals surface area contributed by atoms with Gasteiger partial charge in [0.25, 0.3) is 11.8 Å². The number of fused-ring (bicyclic) bond motifs is 1. The van der Waals surface area contributed by atoms with Gasteiger partial charge in [-0.2, -0.15) is 5.26 Å². The molecule has 1 aliphatic heterocycles. The summed E-state index contributed by atoms with van der Waals surface area (Å²) in [5.74, 6) is -1.29. The molecule has 40 heavy (non-hydrogen) atoms. The molecule has 13 heteroatoms. The van der Waals surface area contributed by atoms with E-state index in [0.29, 0.717) is 21.3 Å². The zero-order chi connectivity index (χ0) is 29.4. The molecule has 1 aliphatic rings. The second-order valence-electron chi connectivity index (χ2n) is 9.63. The van der Waals surface area contributed by atoms with E-state index in [1.54, 1.807) is 60.9 Å². The van der Waals surface area contributed by atoms with Gasteiger partial charge in [0, 0.05) is 16.5 Å². The van der Waals surface area contributed by atoms with Crippen LogP contribution in [0.25, 0.3) is 0 Å². The van der Waals surface area contributed by atoms with Crippen LogP contribution >= 0.6 is 35.4 Å². The van der Waals surface area contributed by atoms with Crippen LogP contribution < -0.4 is 21.3 Å². The fourth-order valence-corrected chi connectivity index (χ4v) is 5.04. The minimum Gasteiger partial charge on any atom is -0.392 e. The van der Waals surface area contributed by atoms with Crippen molar-refractivity contribution in [1.82, 2.24) is 20.2 Å². The number of nitriles is 1. The zero-order valence-electron chi connectivity index (χ0n) is 21.7. The summed E-state index contributed by atoms with van der Waals surface area (Å²) < 4.78 is 1.54. The Kier molecular flexibility index (Phi) is 8.16. The molecule has 3 amide bonds. The number of hydrogen-bond donors (Lipinski definition) is 3. The summed E-state index contributed by atoms with van der Waals surface area (Å²) in [5.41, 5.74) is 5.94. The van der Waals surface area contributed by atoms with Crippen molar-refractivity contribution in [3.63, 3.8) is 0 Å². The number of nitrogens with one attached hydrogen (secondary N) is 2. The number of nitrogens with zero attached hydrogens (tertiary/aromatic N) is 4. The normalized spacial score (nSPS) is 17.5. The van der Waals surface area contributed by atoms with Gasteiger partial charge in [-0.1, -0.05) is 47.6 Å². The number of carbonyl (C=O) groups is 3. The smallest absolute Gasteiger partial charge is 0.270 e. The lowest BCUT2D eigenvalue weighted by Crippen LogP contribution is -2.51. The van der Waals surface area contributed by atoms with E-state index in [9.17, 15) is 14.4 Å². The quantitative estimate of drug-likeness (QED) is 0.336. The van der Waals surface area contributed by atoms with Crippen LogP contribution in [-0.2, 0) is 21.5 Å². The van der Waals surface area contributed by atoms with Crippen LogP contribution in [0.4, 0.5) is 11.6 Å². The Morgan fingerprint density at radius 1 is 1.12 bits per heavy atom. The van der Waals surface area contributed by atoms with Crippen LogP contribution in [0.1, 0.15) is 42.4 Å². The number of rotatable bonds is 8. The Morgan fingerprint density at radius 2 is 1.75 bits per heavy atom. The molecule has 1 aromatic heterocycles. The molecule has 0 saturated heterocycles. The summed E-state index contributed by atoms with van der Waals surface area (Å²) in [7, 11) is 0. The molecule has 0 spiro atoms. The van der Waals surface area contributed by atoms with Crippen molar-refractivity contribution in [3.8, 4) is 6.07 Å². The third-order valence-corrected chi connectivity index (χ3v) is 7.39. The fraction of sp³-hybridized carbons (Fsp3) is 0.259. The molecule has 4 N–H and O–H groups in total. The Bertz CT molecular complexity index is 1550. The number of imidazole rings is 1. The van der Waals surface area contributed by atoms with E-state index in [1.165, 1.54) is 18.0 Å². The van der Waals surface area contributed by atoms with Gasteiger partial charge in [0.1, 0.15) is 17.3 Å². The average molecular weight is 599 g/mol. The molecule has 0 saturated carbocycles. The van der Waals surface area contributed by atoms with Crippen LogP contribution in [-0.4, -0.2) is 44.3 Å². The molecule has 0 fully saturated rings. The topological polar surface area (TPSA) is 146 Å². The number of anilines is 2. The third kappa shape index (κ3) is 5.51. The SMILES string of the molecule is C[C@H](NC(=O)c1cnc2n1[C@](C)(Cc1ccc(C#N)cc1)C(=O)N2c1cc(Cl)cc(Cl)c1)C(=O)N[C@H](C)C(N)=S. The van der Waals surface area contributed by atoms with Crippen molar-refractivity contribution in [1.29, 1.82) is 5.26 Å². The molecule has 2 heterocycles. The number of benzene rings is 2. The van der Waals surface area contributed by atoms with Crippen molar-refractivity contribution in [3.05, 3.63) is 75.5 Å². The maximum Gasteiger partial charge on any atom is 0.270 e. The molecule has 4 rings (SSSR count). The van der Waals surface area contributed by atoms with Crippen molar-refractivity contribution in [2.24, 2.45) is 5.73 Å². The highest BCUT2D eigenvalue weighted by atomic mass is 35.5. The summed E-state index contributed by atoms with van der Waals surface area (Å²) in [4.78, 5) is 46.0. The summed E-state index contributed by atoms with van der Waals surface area (Å²) >= 11 is 17.4. The summed E-state index contributed by atoms with van der Waals surface area (Å²) in [6.07, 6.45) is 1.52. The van der Waals surface area contributed by atoms with E-state index in [-0.39, 0.29) is 29.0 Å². The molecule has 3 aromatic rings. The second kappa shape index (κ2) is 11.3. The Hall–Kier alpha value is -3.98. The van der Waals surface area contributed by atoms with Gasteiger partial charge in [0.2, 0.25) is 11.9 Å². The first-order valence-corrected chi connectivity index (χ1v) is 13.3. The highest BCUT2D eigenvalue weighted by Gasteiger charge is 2.51. The first-order valence-electron chi connectivity index (χ1n) is 12.1. The number of carbonyl (C=O) groups excluding carboxylic acids is 3. The molecular weight excluding hydrogens is 573 g/mol. The molecule has 0 aliphatic carbocycles. The van der Waals surface area contributed by atoms with Gasteiger partial charge in [0.05, 0.1) is 34.5 Å². The van der Waals surface area contributed by atoms with Gasteiger partial charge in [-0.25, -0.2) is 9.88 Å². The number of aromatic nitrogens is 2. The largest absolute Gasteiger partial charge is 0.392 e. The van der Waals surface area contributed by atoms with E-state index < -0.39 is 29.4 Å². The van der Waals surface area contributed by atoms with Crippen molar-refractivity contribution in [2.75, 3.05) is 4.90 Å². The number of nitrogens with two attached hydrogens (primary N) is 1. The van der Waals surface area contributed by atoms with Gasteiger partial charge in [-0.05, 0) is 56.7 Å². The molecule has 206 valence electrons. The number of hydrogen-bond acceptors (Lipinski definition) is 6. The zero-order valence-corrected chi connectivity index (χ0v) is 24.1. The summed E-state index contributed by atoms with van der Waals surface area (Å²) in [6, 6.07) is 12.1. The second-order valence-corrected chi connectivity index (χ2v) is 11.0. The van der Waals surface area contributed by atoms with E-state index in [2.05, 4.69) is 21.7 Å². The molecule has 0 unspecified atom stereocenters. The van der Waals surface area contributed by atoms with Gasteiger partial charge < -0.3 is 16.4 Å². The van der Waals surface area contributed by atoms with Gasteiger partial charge in [-0.3, -0.25) is 19.0 Å². The van der Waals surface area contributed by atoms with Crippen LogP contribution in [0.2, 0.25) is 10.0 Å². The van der Waals surface area contributed by atoms with Gasteiger partial charge >= 0.3 is 0 Å². The van der Waals surface area contributed by atoms with Crippen molar-refractivity contribution in [2.45, 2.75) is 44.8 Å². The maximum atomic E-state index is 14.1. The van der Waals surface area contributed by atoms with E-state index >= 15 is 0 Å². The molecule has 2 aromatic carbocycles. The third-order valence-electron chi connectivity index (χ3n) is 6.60. The lowest BCUT2D eigenvalue weighted by Gasteiger charge is -2.27. The van der Waals surface area contributed by atoms with Crippen molar-refractivity contribution < 1.29 is 14.4 Å². The van der Waals surface area contributed by atoms with Crippen LogP contribution in [0.3, 0.4) is 0 Å². The molecule has 3 atom stereocenters. The summed E-state index contributed by atoms with van der Waals surface area (Å²) in [5, 5.41) is 15.1. The molecule has 0 radical (unpaired) electrons. The molecule has 0 bridgehead atoms. The van der Waals surface area contributed by atoms with Crippen LogP contribution in [0.5, 0.6) is 0 Å². The highest BCUT2D eigenvalue weighted by molar-refractivity contribution is 7.80. The first kappa shape index (κ1) is 29.0. The minimum absolute atomic E-state index is 0.0668. The standard InChI is InChI=1S/C27H25Cl2N7O3S/c1-14(22(31)40)33-23(37)15(2)34-24(38)21-13-32-26-35(20-9-18(28)8-19(29)10-20)25(39)27(3,36(21)26)11-16-4-6-17(12-30)7-5-16/h4-10,13-15H,11H2,1-3H3,(H2,31,40)(H,33,37)(H,34,38)/t14-,15+,27-/m1/s1. The molecule has 10 nitrogen and oxygen atoms in total. The Balaban J connectivity index is 1.75. The predicted molar refractivity (Wildman–Crippen MR) is 156 cm³/mol. The van der Waals surface area contributed by atoms with Crippen molar-refractivity contribution >= 4 is 69.8 Å². The Labute approximate surface area is 246 Å².